The molecule has 82 valence electrons. The van der Waals surface area contributed by atoms with Crippen molar-refractivity contribution in [1.29, 1.82) is 0 Å². The van der Waals surface area contributed by atoms with Crippen LogP contribution in [0.1, 0.15) is 11.1 Å². The quantitative estimate of drug-likeness (QED) is 0.760. The highest BCUT2D eigenvalue weighted by atomic mass is 19.4. The van der Waals surface area contributed by atoms with E-state index in [1.54, 1.807) is 0 Å². The van der Waals surface area contributed by atoms with E-state index in [4.69, 9.17) is 5.11 Å². The summed E-state index contributed by atoms with van der Waals surface area (Å²) in [6.07, 6.45) is -2.03. The lowest BCUT2D eigenvalue weighted by Gasteiger charge is -2.07. The van der Waals surface area contributed by atoms with Crippen LogP contribution in [0, 0.1) is 5.82 Å². The Balaban J connectivity index is 3.04. The molecule has 5 heteroatoms. The summed E-state index contributed by atoms with van der Waals surface area (Å²) in [6.45, 7) is -0.247. The number of alkyl halides is 3. The van der Waals surface area contributed by atoms with Crippen LogP contribution < -0.4 is 0 Å². The smallest absolute Gasteiger partial charge is 0.392 e. The summed E-state index contributed by atoms with van der Waals surface area (Å²) in [5.41, 5.74) is -1.02. The van der Waals surface area contributed by atoms with E-state index in [-0.39, 0.29) is 12.2 Å². The Hall–Kier alpha value is -1.36. The molecule has 0 saturated carbocycles. The van der Waals surface area contributed by atoms with Crippen LogP contribution in [-0.4, -0.2) is 11.7 Å². The van der Waals surface area contributed by atoms with Gasteiger partial charge in [-0.25, -0.2) is 4.39 Å². The van der Waals surface area contributed by atoms with Gasteiger partial charge in [-0.05, 0) is 17.7 Å². The third-order valence-electron chi connectivity index (χ3n) is 1.71. The van der Waals surface area contributed by atoms with Crippen molar-refractivity contribution in [3.05, 3.63) is 41.2 Å². The number of hydrogen-bond donors (Lipinski definition) is 1. The predicted molar refractivity (Wildman–Crippen MR) is 47.5 cm³/mol. The second-order valence-electron chi connectivity index (χ2n) is 2.82. The summed E-state index contributed by atoms with van der Waals surface area (Å²) in [5.74, 6) is -1.32. The maximum absolute atomic E-state index is 13.0. The molecule has 0 atom stereocenters. The molecule has 0 aliphatic carbocycles. The van der Waals surface area contributed by atoms with Crippen molar-refractivity contribution < 1.29 is 22.7 Å². The zero-order valence-electron chi connectivity index (χ0n) is 7.55. The van der Waals surface area contributed by atoms with Crippen LogP contribution in [-0.2, 0) is 6.18 Å². The van der Waals surface area contributed by atoms with Crippen molar-refractivity contribution in [2.75, 3.05) is 6.61 Å². The molecule has 1 aromatic rings. The van der Waals surface area contributed by atoms with Gasteiger partial charge in [-0.2, -0.15) is 13.2 Å². The second kappa shape index (κ2) is 4.44. The fraction of sp³-hybridized carbons (Fsp3) is 0.200. The molecule has 0 aromatic heterocycles. The first-order valence-electron chi connectivity index (χ1n) is 4.09. The third-order valence-corrected chi connectivity index (χ3v) is 1.71. The minimum Gasteiger partial charge on any atom is -0.392 e. The topological polar surface area (TPSA) is 20.2 Å². The van der Waals surface area contributed by atoms with Gasteiger partial charge in [-0.3, -0.25) is 0 Å². The van der Waals surface area contributed by atoms with Crippen LogP contribution >= 0.6 is 0 Å². The summed E-state index contributed by atoms with van der Waals surface area (Å²) in [7, 11) is 0. The van der Waals surface area contributed by atoms with Crippen molar-refractivity contribution in [3.63, 3.8) is 0 Å². The third kappa shape index (κ3) is 3.06. The first kappa shape index (κ1) is 11.7. The summed E-state index contributed by atoms with van der Waals surface area (Å²) < 4.78 is 49.4. The lowest BCUT2D eigenvalue weighted by Crippen LogP contribution is -2.07. The van der Waals surface area contributed by atoms with Gasteiger partial charge in [-0.1, -0.05) is 18.2 Å². The zero-order valence-corrected chi connectivity index (χ0v) is 7.55. The zero-order chi connectivity index (χ0) is 11.5. The van der Waals surface area contributed by atoms with E-state index in [1.807, 2.05) is 0 Å². The maximum atomic E-state index is 13.0. The van der Waals surface area contributed by atoms with Crippen LogP contribution in [0.2, 0.25) is 0 Å². The Morgan fingerprint density at radius 2 is 1.93 bits per heavy atom. The van der Waals surface area contributed by atoms with Gasteiger partial charge in [0.2, 0.25) is 0 Å². The fourth-order valence-electron chi connectivity index (χ4n) is 1.05. The second-order valence-corrected chi connectivity index (χ2v) is 2.82. The van der Waals surface area contributed by atoms with Gasteiger partial charge in [0, 0.05) is 0 Å². The molecule has 1 nitrogen and oxygen atoms in total. The molecule has 0 fully saturated rings. The average Bonchev–Trinajstić information content (AvgIpc) is 2.12. The van der Waals surface area contributed by atoms with Crippen molar-refractivity contribution in [3.8, 4) is 0 Å². The largest absolute Gasteiger partial charge is 0.419 e. The molecule has 0 aliphatic rings. The van der Waals surface area contributed by atoms with E-state index < -0.39 is 17.6 Å². The van der Waals surface area contributed by atoms with Crippen LogP contribution in [0.5, 0.6) is 0 Å². The van der Waals surface area contributed by atoms with Crippen molar-refractivity contribution in [2.45, 2.75) is 6.18 Å². The van der Waals surface area contributed by atoms with Gasteiger partial charge < -0.3 is 5.11 Å². The Labute approximate surface area is 83.7 Å². The van der Waals surface area contributed by atoms with Crippen LogP contribution in [0.15, 0.2) is 24.3 Å². The molecular formula is C10H8F4O. The van der Waals surface area contributed by atoms with Crippen molar-refractivity contribution in [2.24, 2.45) is 0 Å². The molecule has 0 bridgehead atoms. The summed E-state index contributed by atoms with van der Waals surface area (Å²) in [6, 6.07) is 2.58. The number of hydrogen-bond acceptors (Lipinski definition) is 1. The Bertz CT molecular complexity index is 368. The Morgan fingerprint density at radius 1 is 1.27 bits per heavy atom. The maximum Gasteiger partial charge on any atom is 0.419 e. The predicted octanol–water partition coefficient (Wildman–Crippen LogP) is 2.85. The van der Waals surface area contributed by atoms with Gasteiger partial charge in [0.25, 0.3) is 0 Å². The molecule has 0 saturated heterocycles. The molecule has 15 heavy (non-hydrogen) atoms. The van der Waals surface area contributed by atoms with Crippen molar-refractivity contribution in [1.82, 2.24) is 0 Å². The van der Waals surface area contributed by atoms with E-state index in [1.165, 1.54) is 12.2 Å². The van der Waals surface area contributed by atoms with Gasteiger partial charge in [0.1, 0.15) is 5.82 Å². The molecule has 0 aliphatic heterocycles. The minimum absolute atomic E-state index is 0.247. The van der Waals surface area contributed by atoms with E-state index in [0.29, 0.717) is 6.07 Å². The molecule has 1 rings (SSSR count). The van der Waals surface area contributed by atoms with Gasteiger partial charge in [0.15, 0.2) is 0 Å². The summed E-state index contributed by atoms with van der Waals surface area (Å²) in [4.78, 5) is 0. The first-order valence-corrected chi connectivity index (χ1v) is 4.09. The number of rotatable bonds is 2. The monoisotopic (exact) mass is 220 g/mol. The minimum atomic E-state index is -4.68. The highest BCUT2D eigenvalue weighted by molar-refractivity contribution is 5.50. The average molecular weight is 220 g/mol. The molecule has 1 N–H and O–H groups in total. The van der Waals surface area contributed by atoms with Gasteiger partial charge in [0.05, 0.1) is 12.2 Å². The van der Waals surface area contributed by atoms with Crippen LogP contribution in [0.25, 0.3) is 6.08 Å². The lowest BCUT2D eigenvalue weighted by atomic mass is 10.1. The van der Waals surface area contributed by atoms with E-state index in [0.717, 1.165) is 12.1 Å². The number of aliphatic hydroxyl groups excluding tert-OH is 1. The van der Waals surface area contributed by atoms with Crippen LogP contribution in [0.3, 0.4) is 0 Å². The Kier molecular flexibility index (Phi) is 3.47. The van der Waals surface area contributed by atoms with Gasteiger partial charge in [-0.15, -0.1) is 0 Å². The van der Waals surface area contributed by atoms with Gasteiger partial charge >= 0.3 is 6.18 Å². The van der Waals surface area contributed by atoms with E-state index in [9.17, 15) is 17.6 Å². The van der Waals surface area contributed by atoms with E-state index in [2.05, 4.69) is 0 Å². The summed E-state index contributed by atoms with van der Waals surface area (Å²) >= 11 is 0. The highest BCUT2D eigenvalue weighted by Gasteiger charge is 2.33. The van der Waals surface area contributed by atoms with Crippen LogP contribution in [0.4, 0.5) is 17.6 Å². The lowest BCUT2D eigenvalue weighted by molar-refractivity contribution is -0.140. The number of aliphatic hydroxyl groups is 1. The molecule has 1 aromatic carbocycles. The molecule has 0 unspecified atom stereocenters. The fourth-order valence-corrected chi connectivity index (χ4v) is 1.05. The first-order chi connectivity index (χ1) is 6.95. The standard InChI is InChI=1S/C10H8F4O/c11-9-6-7(2-1-5-15)3-4-8(9)10(12,13)14/h1-4,6,15H,5H2/b2-1+. The number of benzene rings is 1. The summed E-state index contributed by atoms with van der Waals surface area (Å²) in [5, 5.41) is 8.42. The number of halogens is 4. The van der Waals surface area contributed by atoms with Crippen molar-refractivity contribution >= 4 is 6.08 Å². The highest BCUT2D eigenvalue weighted by Crippen LogP contribution is 2.31. The molecule has 0 heterocycles. The SMILES string of the molecule is OC/C=C/c1ccc(C(F)(F)F)c(F)c1. The molecule has 0 spiro atoms. The normalized spacial score (nSPS) is 12.3. The molecule has 0 amide bonds. The molecular weight excluding hydrogens is 212 g/mol. The Morgan fingerprint density at radius 3 is 2.40 bits per heavy atom. The van der Waals surface area contributed by atoms with E-state index >= 15 is 0 Å². The molecule has 0 radical (unpaired) electrons.